The topological polar surface area (TPSA) is 89.8 Å². The van der Waals surface area contributed by atoms with E-state index in [0.29, 0.717) is 0 Å². The number of hydrogen-bond donors (Lipinski definition) is 1. The Morgan fingerprint density at radius 1 is 1.28 bits per heavy atom. The van der Waals surface area contributed by atoms with Crippen LogP contribution < -0.4 is 4.72 Å². The van der Waals surface area contributed by atoms with Gasteiger partial charge in [-0.25, -0.2) is 0 Å². The van der Waals surface area contributed by atoms with Crippen molar-refractivity contribution in [1.29, 1.82) is 0 Å². The molecule has 2 rings (SSSR count). The predicted octanol–water partition coefficient (Wildman–Crippen LogP) is 1.32. The molecule has 0 amide bonds. The minimum Gasteiger partial charge on any atom is -0.261 e. The van der Waals surface area contributed by atoms with Crippen LogP contribution >= 0.6 is 23.2 Å². The molecule has 0 atom stereocenters. The monoisotopic (exact) mass is 307 g/mol. The summed E-state index contributed by atoms with van der Waals surface area (Å²) in [4.78, 5) is 0. The normalized spacial score (nSPS) is 11.5. The number of hydrogen-bond acceptors (Lipinski definition) is 5. The standard InChI is InChI=1S/C8H7Cl2N5O2S/c1-15-8(5(9)4-11-15)18(16,17)14-7-3-2-6(10)12-13-7/h2-4H,1H3,(H,13,14). The van der Waals surface area contributed by atoms with Crippen LogP contribution in [0.25, 0.3) is 0 Å². The highest BCUT2D eigenvalue weighted by molar-refractivity contribution is 7.92. The van der Waals surface area contributed by atoms with Gasteiger partial charge in [-0.15, -0.1) is 10.2 Å². The number of aromatic nitrogens is 4. The van der Waals surface area contributed by atoms with Crippen molar-refractivity contribution in [3.05, 3.63) is 28.5 Å². The maximum absolute atomic E-state index is 12.0. The van der Waals surface area contributed by atoms with E-state index in [-0.39, 0.29) is 21.0 Å². The van der Waals surface area contributed by atoms with Gasteiger partial charge in [0, 0.05) is 7.05 Å². The van der Waals surface area contributed by atoms with Crippen LogP contribution in [0.15, 0.2) is 23.4 Å². The first-order chi connectivity index (χ1) is 8.40. The summed E-state index contributed by atoms with van der Waals surface area (Å²) < 4.78 is 27.4. The average molecular weight is 308 g/mol. The van der Waals surface area contributed by atoms with Crippen molar-refractivity contribution in [1.82, 2.24) is 20.0 Å². The molecule has 2 heterocycles. The zero-order valence-electron chi connectivity index (χ0n) is 9.00. The molecule has 0 saturated carbocycles. The maximum atomic E-state index is 12.0. The van der Waals surface area contributed by atoms with E-state index in [1.807, 2.05) is 0 Å². The molecule has 0 aromatic carbocycles. The van der Waals surface area contributed by atoms with Gasteiger partial charge in [0.15, 0.2) is 16.0 Å². The molecule has 0 aliphatic rings. The van der Waals surface area contributed by atoms with E-state index in [9.17, 15) is 8.42 Å². The van der Waals surface area contributed by atoms with E-state index in [4.69, 9.17) is 23.2 Å². The van der Waals surface area contributed by atoms with Gasteiger partial charge in [-0.05, 0) is 12.1 Å². The average Bonchev–Trinajstić information content (AvgIpc) is 2.62. The number of nitrogens with zero attached hydrogens (tertiary/aromatic N) is 4. The molecule has 0 saturated heterocycles. The van der Waals surface area contributed by atoms with Gasteiger partial charge < -0.3 is 0 Å². The molecule has 0 fully saturated rings. The lowest BCUT2D eigenvalue weighted by Crippen LogP contribution is -2.18. The Kier molecular flexibility index (Phi) is 3.42. The van der Waals surface area contributed by atoms with Gasteiger partial charge in [0.25, 0.3) is 10.0 Å². The summed E-state index contributed by atoms with van der Waals surface area (Å²) in [6.45, 7) is 0. The first-order valence-electron chi connectivity index (χ1n) is 4.60. The van der Waals surface area contributed by atoms with Crippen molar-refractivity contribution in [3.63, 3.8) is 0 Å². The third-order valence-corrected chi connectivity index (χ3v) is 4.03. The maximum Gasteiger partial charge on any atom is 0.281 e. The molecule has 0 aliphatic heterocycles. The van der Waals surface area contributed by atoms with Gasteiger partial charge in [0.2, 0.25) is 0 Å². The van der Waals surface area contributed by atoms with Crippen LogP contribution in [-0.4, -0.2) is 28.4 Å². The van der Waals surface area contributed by atoms with E-state index in [1.54, 1.807) is 0 Å². The molecule has 0 radical (unpaired) electrons. The highest BCUT2D eigenvalue weighted by Crippen LogP contribution is 2.21. The molecular weight excluding hydrogens is 301 g/mol. The summed E-state index contributed by atoms with van der Waals surface area (Å²) in [5.74, 6) is 0.0386. The first kappa shape index (κ1) is 13.1. The molecule has 2 aromatic heterocycles. The second-order valence-corrected chi connectivity index (χ2v) is 5.66. The highest BCUT2D eigenvalue weighted by Gasteiger charge is 2.23. The Balaban J connectivity index is 2.36. The second-order valence-electron chi connectivity index (χ2n) is 3.27. The molecule has 18 heavy (non-hydrogen) atoms. The fourth-order valence-corrected chi connectivity index (χ4v) is 3.01. The SMILES string of the molecule is Cn1ncc(Cl)c1S(=O)(=O)Nc1ccc(Cl)nn1. The summed E-state index contributed by atoms with van der Waals surface area (Å²) >= 11 is 11.3. The van der Waals surface area contributed by atoms with Gasteiger partial charge >= 0.3 is 0 Å². The Bertz CT molecular complexity index is 648. The predicted molar refractivity (Wildman–Crippen MR) is 66.1 cm³/mol. The number of rotatable bonds is 3. The van der Waals surface area contributed by atoms with Gasteiger partial charge in [0.05, 0.1) is 11.2 Å². The van der Waals surface area contributed by atoms with E-state index in [2.05, 4.69) is 20.0 Å². The Morgan fingerprint density at radius 3 is 2.50 bits per heavy atom. The van der Waals surface area contributed by atoms with Crippen molar-refractivity contribution in [3.8, 4) is 0 Å². The molecule has 0 unspecified atom stereocenters. The number of aryl methyl sites for hydroxylation is 1. The fourth-order valence-electron chi connectivity index (χ4n) is 1.26. The van der Waals surface area contributed by atoms with Crippen LogP contribution in [0.5, 0.6) is 0 Å². The van der Waals surface area contributed by atoms with Crippen LogP contribution in [-0.2, 0) is 17.1 Å². The van der Waals surface area contributed by atoms with Gasteiger partial charge in [-0.1, -0.05) is 23.2 Å². The molecule has 7 nitrogen and oxygen atoms in total. The summed E-state index contributed by atoms with van der Waals surface area (Å²) in [5.41, 5.74) is 0. The summed E-state index contributed by atoms with van der Waals surface area (Å²) in [6, 6.07) is 2.80. The number of sulfonamides is 1. The smallest absolute Gasteiger partial charge is 0.261 e. The van der Waals surface area contributed by atoms with Crippen LogP contribution in [0.2, 0.25) is 10.2 Å². The molecular formula is C8H7Cl2N5O2S. The van der Waals surface area contributed by atoms with Crippen molar-refractivity contribution < 1.29 is 8.42 Å². The second kappa shape index (κ2) is 4.71. The van der Waals surface area contributed by atoms with Crippen molar-refractivity contribution in [2.24, 2.45) is 7.05 Å². The first-order valence-corrected chi connectivity index (χ1v) is 6.83. The Hall–Kier alpha value is -1.38. The number of anilines is 1. The Labute approximate surface area is 113 Å². The lowest BCUT2D eigenvalue weighted by Gasteiger charge is -2.07. The highest BCUT2D eigenvalue weighted by atomic mass is 35.5. The quantitative estimate of drug-likeness (QED) is 0.923. The zero-order valence-corrected chi connectivity index (χ0v) is 11.3. The Morgan fingerprint density at radius 2 is 2.00 bits per heavy atom. The summed E-state index contributed by atoms with van der Waals surface area (Å²) in [6.07, 6.45) is 1.24. The fraction of sp³-hybridized carbons (Fsp3) is 0.125. The van der Waals surface area contributed by atoms with Gasteiger partial charge in [-0.3, -0.25) is 9.40 Å². The van der Waals surface area contributed by atoms with Crippen LogP contribution in [0.4, 0.5) is 5.82 Å². The largest absolute Gasteiger partial charge is 0.281 e. The molecule has 0 aliphatic carbocycles. The molecule has 10 heteroatoms. The molecule has 0 spiro atoms. The van der Waals surface area contributed by atoms with E-state index >= 15 is 0 Å². The van der Waals surface area contributed by atoms with E-state index < -0.39 is 10.0 Å². The van der Waals surface area contributed by atoms with Crippen LogP contribution in [0, 0.1) is 0 Å². The van der Waals surface area contributed by atoms with Crippen molar-refractivity contribution in [2.45, 2.75) is 5.03 Å². The number of nitrogens with one attached hydrogen (secondary N) is 1. The van der Waals surface area contributed by atoms with Crippen molar-refractivity contribution in [2.75, 3.05) is 4.72 Å². The van der Waals surface area contributed by atoms with Crippen LogP contribution in [0.1, 0.15) is 0 Å². The number of halogens is 2. The minimum atomic E-state index is -3.87. The third-order valence-electron chi connectivity index (χ3n) is 1.97. The summed E-state index contributed by atoms with van der Waals surface area (Å²) in [5, 5.41) is 10.9. The molecule has 0 bridgehead atoms. The van der Waals surface area contributed by atoms with Crippen molar-refractivity contribution >= 4 is 39.0 Å². The van der Waals surface area contributed by atoms with Gasteiger partial charge in [-0.2, -0.15) is 13.5 Å². The van der Waals surface area contributed by atoms with Crippen LogP contribution in [0.3, 0.4) is 0 Å². The van der Waals surface area contributed by atoms with E-state index in [0.717, 1.165) is 4.68 Å². The van der Waals surface area contributed by atoms with Gasteiger partial charge in [0.1, 0.15) is 0 Å². The molecule has 2 aromatic rings. The summed E-state index contributed by atoms with van der Waals surface area (Å²) in [7, 11) is -2.41. The lowest BCUT2D eigenvalue weighted by molar-refractivity contribution is 0.582. The third kappa shape index (κ3) is 2.55. The minimum absolute atomic E-state index is 0.0203. The van der Waals surface area contributed by atoms with E-state index in [1.165, 1.54) is 25.4 Å². The molecule has 96 valence electrons. The molecule has 1 N–H and O–H groups in total. The zero-order chi connectivity index (χ0) is 13.3. The lowest BCUT2D eigenvalue weighted by atomic mass is 10.5.